The van der Waals surface area contributed by atoms with Gasteiger partial charge in [-0.05, 0) is 84.5 Å². The fraction of sp³-hybridized carbons (Fsp3) is 0.0769. The zero-order chi connectivity index (χ0) is 38.5. The Kier molecular flexibility index (Phi) is 10.1. The van der Waals surface area contributed by atoms with Crippen molar-refractivity contribution in [1.29, 1.82) is 0 Å². The molecule has 6 aromatic carbocycles. The molecule has 0 fully saturated rings. The number of furan rings is 1. The van der Waals surface area contributed by atoms with Gasteiger partial charge in [0.15, 0.2) is 11.4 Å². The molecule has 1 unspecified atom stereocenters. The Morgan fingerprint density at radius 3 is 1.96 bits per heavy atom. The van der Waals surface area contributed by atoms with E-state index < -0.39 is 5.54 Å². The first kappa shape index (κ1) is 36.0. The second-order valence-corrected chi connectivity index (χ2v) is 14.1. The van der Waals surface area contributed by atoms with Crippen molar-refractivity contribution in [2.45, 2.75) is 26.3 Å². The standard InChI is InChI=1S/C52H43N3O/c1-5-7-32-52(4,55-47-36(3)33-42(38-22-12-8-13-23-38)34-44(47)39-24-14-9-15-25-39)45(40-26-16-10-17-27-40)35-37(6-2)48-50-49(43-30-20-21-31-46(43)56-50)54-51(53-48)41-28-18-11-19-29-41/h5-35,55H,1H2,2-4H3/b32-7-,37-6+,45-35-. The van der Waals surface area contributed by atoms with Gasteiger partial charge in [-0.3, -0.25) is 0 Å². The third-order valence-corrected chi connectivity index (χ3v) is 10.3. The Morgan fingerprint density at radius 2 is 1.30 bits per heavy atom. The minimum absolute atomic E-state index is 0.641. The van der Waals surface area contributed by atoms with Crippen molar-refractivity contribution >= 4 is 38.9 Å². The van der Waals surface area contributed by atoms with Crippen LogP contribution >= 0.6 is 0 Å². The zero-order valence-corrected chi connectivity index (χ0v) is 31.9. The Morgan fingerprint density at radius 1 is 0.696 bits per heavy atom. The van der Waals surface area contributed by atoms with Gasteiger partial charge in [-0.2, -0.15) is 0 Å². The lowest BCUT2D eigenvalue weighted by molar-refractivity contribution is 0.664. The van der Waals surface area contributed by atoms with E-state index in [0.29, 0.717) is 11.4 Å². The molecule has 0 aliphatic heterocycles. The Labute approximate surface area is 328 Å². The van der Waals surface area contributed by atoms with Crippen LogP contribution in [0.3, 0.4) is 0 Å². The third kappa shape index (κ3) is 7.13. The number of hydrogen-bond donors (Lipinski definition) is 1. The van der Waals surface area contributed by atoms with Crippen LogP contribution in [0.25, 0.3) is 66.9 Å². The Bertz CT molecular complexity index is 2750. The van der Waals surface area contributed by atoms with Gasteiger partial charge in [0, 0.05) is 27.8 Å². The Balaban J connectivity index is 1.35. The summed E-state index contributed by atoms with van der Waals surface area (Å²) in [5.74, 6) is 0.641. The van der Waals surface area contributed by atoms with E-state index in [1.165, 1.54) is 11.1 Å². The maximum atomic E-state index is 6.58. The van der Waals surface area contributed by atoms with Crippen molar-refractivity contribution in [3.8, 4) is 33.6 Å². The summed E-state index contributed by atoms with van der Waals surface area (Å²) in [5.41, 5.74) is 12.9. The highest BCUT2D eigenvalue weighted by molar-refractivity contribution is 6.07. The van der Waals surface area contributed by atoms with Crippen molar-refractivity contribution in [2.24, 2.45) is 0 Å². The lowest BCUT2D eigenvalue weighted by Crippen LogP contribution is -2.35. The van der Waals surface area contributed by atoms with Crippen LogP contribution in [-0.2, 0) is 0 Å². The summed E-state index contributed by atoms with van der Waals surface area (Å²) in [6, 6.07) is 54.5. The van der Waals surface area contributed by atoms with Gasteiger partial charge in [-0.15, -0.1) is 0 Å². The van der Waals surface area contributed by atoms with Gasteiger partial charge in [0.1, 0.15) is 16.8 Å². The van der Waals surface area contributed by atoms with Crippen molar-refractivity contribution < 1.29 is 4.42 Å². The smallest absolute Gasteiger partial charge is 0.180 e. The molecule has 0 amide bonds. The summed E-state index contributed by atoms with van der Waals surface area (Å²) in [4.78, 5) is 10.3. The largest absolute Gasteiger partial charge is 0.452 e. The molecular formula is C52H43N3O. The molecule has 0 spiro atoms. The molecule has 272 valence electrons. The van der Waals surface area contributed by atoms with Crippen LogP contribution in [0, 0.1) is 6.92 Å². The minimum Gasteiger partial charge on any atom is -0.452 e. The molecule has 0 saturated carbocycles. The highest BCUT2D eigenvalue weighted by Crippen LogP contribution is 2.42. The summed E-state index contributed by atoms with van der Waals surface area (Å²) in [6.07, 6.45) is 10.4. The van der Waals surface area contributed by atoms with Crippen molar-refractivity contribution in [3.05, 3.63) is 212 Å². The van der Waals surface area contributed by atoms with Crippen molar-refractivity contribution in [1.82, 2.24) is 9.97 Å². The first-order valence-corrected chi connectivity index (χ1v) is 19.0. The summed E-state index contributed by atoms with van der Waals surface area (Å²) in [6.45, 7) is 10.5. The predicted octanol–water partition coefficient (Wildman–Crippen LogP) is 13.8. The van der Waals surface area contributed by atoms with Crippen molar-refractivity contribution in [3.63, 3.8) is 0 Å². The number of fused-ring (bicyclic) bond motifs is 3. The van der Waals surface area contributed by atoms with E-state index in [2.05, 4.69) is 160 Å². The molecule has 0 aliphatic rings. The normalized spacial score (nSPS) is 13.3. The number of allylic oxidation sites excluding steroid dienone is 5. The van der Waals surface area contributed by atoms with Crippen molar-refractivity contribution in [2.75, 3.05) is 5.32 Å². The zero-order valence-electron chi connectivity index (χ0n) is 31.9. The van der Waals surface area contributed by atoms with Crippen LogP contribution in [0.15, 0.2) is 199 Å². The predicted molar refractivity (Wildman–Crippen MR) is 236 cm³/mol. The van der Waals surface area contributed by atoms with Gasteiger partial charge in [-0.1, -0.05) is 164 Å². The molecule has 56 heavy (non-hydrogen) atoms. The lowest BCUT2D eigenvalue weighted by atomic mass is 9.82. The molecule has 0 saturated heterocycles. The van der Waals surface area contributed by atoms with E-state index in [4.69, 9.17) is 14.4 Å². The molecule has 1 N–H and O–H groups in total. The maximum absolute atomic E-state index is 6.58. The van der Waals surface area contributed by atoms with Crippen LogP contribution in [0.4, 0.5) is 5.69 Å². The second kappa shape index (κ2) is 15.7. The quantitative estimate of drug-likeness (QED) is 0.135. The van der Waals surface area contributed by atoms with Crippen LogP contribution in [0.2, 0.25) is 0 Å². The molecule has 0 radical (unpaired) electrons. The minimum atomic E-state index is -0.741. The summed E-state index contributed by atoms with van der Waals surface area (Å²) < 4.78 is 6.58. The van der Waals surface area contributed by atoms with Crippen LogP contribution in [0.1, 0.15) is 30.7 Å². The van der Waals surface area contributed by atoms with Crippen LogP contribution in [-0.4, -0.2) is 15.5 Å². The van der Waals surface area contributed by atoms with Gasteiger partial charge < -0.3 is 9.73 Å². The molecule has 4 nitrogen and oxygen atoms in total. The summed E-state index contributed by atoms with van der Waals surface area (Å²) in [5, 5.41) is 5.05. The number of nitrogens with zero attached hydrogens (tertiary/aromatic N) is 2. The fourth-order valence-corrected chi connectivity index (χ4v) is 7.41. The number of para-hydroxylation sites is 1. The van der Waals surface area contributed by atoms with Gasteiger partial charge in [-0.25, -0.2) is 9.97 Å². The van der Waals surface area contributed by atoms with Gasteiger partial charge in [0.2, 0.25) is 0 Å². The van der Waals surface area contributed by atoms with Gasteiger partial charge in [0.25, 0.3) is 0 Å². The molecule has 4 heteroatoms. The second-order valence-electron chi connectivity index (χ2n) is 14.1. The van der Waals surface area contributed by atoms with E-state index in [9.17, 15) is 0 Å². The molecule has 1 atom stereocenters. The van der Waals surface area contributed by atoms with Gasteiger partial charge >= 0.3 is 0 Å². The number of anilines is 1. The number of nitrogens with one attached hydrogen (secondary N) is 1. The highest BCUT2D eigenvalue weighted by atomic mass is 16.3. The molecule has 2 heterocycles. The number of benzene rings is 6. The lowest BCUT2D eigenvalue weighted by Gasteiger charge is -2.34. The number of aryl methyl sites for hydroxylation is 1. The first-order valence-electron chi connectivity index (χ1n) is 19.0. The van der Waals surface area contributed by atoms with E-state index in [0.717, 1.165) is 66.8 Å². The number of hydrogen-bond acceptors (Lipinski definition) is 4. The highest BCUT2D eigenvalue weighted by Gasteiger charge is 2.30. The summed E-state index contributed by atoms with van der Waals surface area (Å²) >= 11 is 0. The number of rotatable bonds is 11. The average molecular weight is 726 g/mol. The molecule has 2 aromatic heterocycles. The topological polar surface area (TPSA) is 51.0 Å². The monoisotopic (exact) mass is 725 g/mol. The molecule has 8 aromatic rings. The molecule has 0 bridgehead atoms. The van der Waals surface area contributed by atoms with Gasteiger partial charge in [0.05, 0.1) is 5.54 Å². The molecule has 8 rings (SSSR count). The van der Waals surface area contributed by atoms with Crippen LogP contribution in [0.5, 0.6) is 0 Å². The maximum Gasteiger partial charge on any atom is 0.180 e. The fourth-order valence-electron chi connectivity index (χ4n) is 7.41. The molecular weight excluding hydrogens is 683 g/mol. The first-order chi connectivity index (χ1) is 27.5. The SMILES string of the molecule is C=C/C=C\C(C)(Nc1c(C)cc(-c2ccccc2)cc1-c1ccccc1)/C(=C\C(=C/C)c1nc(-c2ccccc2)nc2c1oc1ccccc12)c1ccccc1. The van der Waals surface area contributed by atoms with Crippen LogP contribution < -0.4 is 5.32 Å². The third-order valence-electron chi connectivity index (χ3n) is 10.3. The van der Waals surface area contributed by atoms with E-state index in [1.807, 2.05) is 60.7 Å². The number of aromatic nitrogens is 2. The van der Waals surface area contributed by atoms with E-state index >= 15 is 0 Å². The van der Waals surface area contributed by atoms with E-state index in [-0.39, 0.29) is 0 Å². The average Bonchev–Trinajstić information content (AvgIpc) is 3.64. The molecule has 0 aliphatic carbocycles. The Hall–Kier alpha value is -7.04. The summed E-state index contributed by atoms with van der Waals surface area (Å²) in [7, 11) is 0. The van der Waals surface area contributed by atoms with E-state index in [1.54, 1.807) is 0 Å².